The van der Waals surface area contributed by atoms with Crippen LogP contribution < -0.4 is 15.2 Å². The second-order valence-corrected chi connectivity index (χ2v) is 5.49. The predicted octanol–water partition coefficient (Wildman–Crippen LogP) is 4.33. The molecule has 0 aromatic heterocycles. The number of methoxy groups -OCH3 is 1. The van der Waals surface area contributed by atoms with Crippen molar-refractivity contribution in [1.82, 2.24) is 0 Å². The van der Waals surface area contributed by atoms with Crippen molar-refractivity contribution in [3.8, 4) is 11.5 Å². The van der Waals surface area contributed by atoms with Gasteiger partial charge in [0.25, 0.3) is 0 Å². The Kier molecular flexibility index (Phi) is 9.71. The topological polar surface area (TPSA) is 44.5 Å². The summed E-state index contributed by atoms with van der Waals surface area (Å²) in [6.45, 7) is 3.67. The number of unbranched alkanes of at least 4 members (excludes halogenated alkanes) is 6. The molecule has 0 unspecified atom stereocenters. The normalized spacial score (nSPS) is 10.6. The third-order valence-corrected chi connectivity index (χ3v) is 3.67. The molecule has 0 spiro atoms. The number of hydrogen-bond donors (Lipinski definition) is 1. The molecule has 0 amide bonds. The summed E-state index contributed by atoms with van der Waals surface area (Å²) in [5.41, 5.74) is 6.77. The molecular formula is C18H31NO2. The molecule has 0 aliphatic rings. The SMILES string of the molecule is CCCCCCCCCOc1ccc(CCN)cc1OC. The van der Waals surface area contributed by atoms with Crippen LogP contribution in [0.1, 0.15) is 57.4 Å². The molecule has 2 N–H and O–H groups in total. The lowest BCUT2D eigenvalue weighted by molar-refractivity contribution is 0.284. The molecule has 1 rings (SSSR count). The van der Waals surface area contributed by atoms with Gasteiger partial charge < -0.3 is 15.2 Å². The van der Waals surface area contributed by atoms with E-state index in [1.807, 2.05) is 12.1 Å². The largest absolute Gasteiger partial charge is 0.493 e. The lowest BCUT2D eigenvalue weighted by Gasteiger charge is -2.12. The summed E-state index contributed by atoms with van der Waals surface area (Å²) >= 11 is 0. The first kappa shape index (κ1) is 17.8. The monoisotopic (exact) mass is 293 g/mol. The molecule has 0 aliphatic carbocycles. The van der Waals surface area contributed by atoms with Gasteiger partial charge in [-0.15, -0.1) is 0 Å². The molecule has 0 saturated carbocycles. The number of benzene rings is 1. The van der Waals surface area contributed by atoms with Gasteiger partial charge >= 0.3 is 0 Å². The summed E-state index contributed by atoms with van der Waals surface area (Å²) in [5, 5.41) is 0. The van der Waals surface area contributed by atoms with Gasteiger partial charge in [-0.3, -0.25) is 0 Å². The van der Waals surface area contributed by atoms with Crippen LogP contribution in [0.3, 0.4) is 0 Å². The summed E-state index contributed by atoms with van der Waals surface area (Å²) in [6, 6.07) is 6.08. The zero-order valence-electron chi connectivity index (χ0n) is 13.7. The summed E-state index contributed by atoms with van der Waals surface area (Å²) in [4.78, 5) is 0. The first-order chi connectivity index (χ1) is 10.3. The van der Waals surface area contributed by atoms with Gasteiger partial charge in [0.05, 0.1) is 13.7 Å². The number of hydrogen-bond acceptors (Lipinski definition) is 3. The molecule has 1 aromatic rings. The molecule has 0 fully saturated rings. The van der Waals surface area contributed by atoms with E-state index in [1.54, 1.807) is 7.11 Å². The van der Waals surface area contributed by atoms with E-state index in [4.69, 9.17) is 15.2 Å². The minimum Gasteiger partial charge on any atom is -0.493 e. The molecule has 0 bridgehead atoms. The van der Waals surface area contributed by atoms with Crippen molar-refractivity contribution in [3.05, 3.63) is 23.8 Å². The van der Waals surface area contributed by atoms with Crippen LogP contribution in [0, 0.1) is 0 Å². The maximum absolute atomic E-state index is 5.83. The van der Waals surface area contributed by atoms with Gasteiger partial charge in [-0.05, 0) is 37.1 Å². The average Bonchev–Trinajstić information content (AvgIpc) is 2.51. The number of ether oxygens (including phenoxy) is 2. The third kappa shape index (κ3) is 7.37. The van der Waals surface area contributed by atoms with Gasteiger partial charge in [0.2, 0.25) is 0 Å². The Morgan fingerprint density at radius 3 is 2.33 bits per heavy atom. The Balaban J connectivity index is 2.25. The van der Waals surface area contributed by atoms with Crippen LogP contribution in [0.15, 0.2) is 18.2 Å². The van der Waals surface area contributed by atoms with Crippen molar-refractivity contribution in [2.75, 3.05) is 20.3 Å². The highest BCUT2D eigenvalue weighted by molar-refractivity contribution is 5.43. The Bertz CT molecular complexity index is 379. The van der Waals surface area contributed by atoms with Gasteiger partial charge in [0, 0.05) is 0 Å². The molecule has 0 heterocycles. The van der Waals surface area contributed by atoms with E-state index >= 15 is 0 Å². The second kappa shape index (κ2) is 11.4. The van der Waals surface area contributed by atoms with Crippen LogP contribution in [0.5, 0.6) is 11.5 Å². The maximum Gasteiger partial charge on any atom is 0.161 e. The fourth-order valence-corrected chi connectivity index (χ4v) is 2.39. The second-order valence-electron chi connectivity index (χ2n) is 5.49. The van der Waals surface area contributed by atoms with Crippen molar-refractivity contribution in [2.45, 2.75) is 58.3 Å². The highest BCUT2D eigenvalue weighted by Gasteiger charge is 2.05. The Labute approximate surface area is 129 Å². The van der Waals surface area contributed by atoms with Crippen molar-refractivity contribution in [2.24, 2.45) is 5.73 Å². The maximum atomic E-state index is 5.83. The third-order valence-electron chi connectivity index (χ3n) is 3.67. The van der Waals surface area contributed by atoms with E-state index in [0.29, 0.717) is 6.54 Å². The van der Waals surface area contributed by atoms with Gasteiger partial charge in [-0.2, -0.15) is 0 Å². The lowest BCUT2D eigenvalue weighted by Crippen LogP contribution is -2.04. The van der Waals surface area contributed by atoms with Crippen molar-refractivity contribution in [3.63, 3.8) is 0 Å². The van der Waals surface area contributed by atoms with Gasteiger partial charge in [-0.25, -0.2) is 0 Å². The van der Waals surface area contributed by atoms with Crippen LogP contribution in [0.25, 0.3) is 0 Å². The minimum absolute atomic E-state index is 0.654. The fourth-order valence-electron chi connectivity index (χ4n) is 2.39. The summed E-state index contributed by atoms with van der Waals surface area (Å²) in [5.74, 6) is 1.65. The van der Waals surface area contributed by atoms with E-state index in [-0.39, 0.29) is 0 Å². The first-order valence-corrected chi connectivity index (χ1v) is 8.31. The van der Waals surface area contributed by atoms with E-state index in [9.17, 15) is 0 Å². The Morgan fingerprint density at radius 1 is 0.952 bits per heavy atom. The fraction of sp³-hybridized carbons (Fsp3) is 0.667. The molecule has 3 nitrogen and oxygen atoms in total. The Morgan fingerprint density at radius 2 is 1.67 bits per heavy atom. The predicted molar refractivity (Wildman–Crippen MR) is 89.2 cm³/mol. The molecule has 120 valence electrons. The highest BCUT2D eigenvalue weighted by Crippen LogP contribution is 2.28. The van der Waals surface area contributed by atoms with Crippen molar-refractivity contribution < 1.29 is 9.47 Å². The van der Waals surface area contributed by atoms with Crippen LogP contribution >= 0.6 is 0 Å². The quantitative estimate of drug-likeness (QED) is 0.583. The molecule has 1 aromatic carbocycles. The van der Waals surface area contributed by atoms with E-state index in [1.165, 1.54) is 44.1 Å². The molecule has 0 atom stereocenters. The molecule has 0 radical (unpaired) electrons. The lowest BCUT2D eigenvalue weighted by atomic mass is 10.1. The van der Waals surface area contributed by atoms with Gasteiger partial charge in [0.15, 0.2) is 11.5 Å². The molecular weight excluding hydrogens is 262 g/mol. The van der Waals surface area contributed by atoms with Gasteiger partial charge in [0.1, 0.15) is 0 Å². The van der Waals surface area contributed by atoms with Crippen molar-refractivity contribution >= 4 is 0 Å². The minimum atomic E-state index is 0.654. The van der Waals surface area contributed by atoms with Crippen LogP contribution in [-0.4, -0.2) is 20.3 Å². The summed E-state index contributed by atoms with van der Waals surface area (Å²) < 4.78 is 11.2. The number of nitrogens with two attached hydrogens (primary N) is 1. The Hall–Kier alpha value is -1.22. The van der Waals surface area contributed by atoms with Crippen LogP contribution in [0.2, 0.25) is 0 Å². The standard InChI is InChI=1S/C18H31NO2/c1-3-4-5-6-7-8-9-14-21-17-11-10-16(12-13-19)15-18(17)20-2/h10-11,15H,3-9,12-14,19H2,1-2H3. The summed E-state index contributed by atoms with van der Waals surface area (Å²) in [7, 11) is 1.68. The first-order valence-electron chi connectivity index (χ1n) is 8.31. The van der Waals surface area contributed by atoms with Crippen LogP contribution in [-0.2, 0) is 6.42 Å². The van der Waals surface area contributed by atoms with E-state index in [2.05, 4.69) is 13.0 Å². The molecule has 0 saturated heterocycles. The van der Waals surface area contributed by atoms with Gasteiger partial charge in [-0.1, -0.05) is 51.5 Å². The number of rotatable bonds is 12. The zero-order chi connectivity index (χ0) is 15.3. The van der Waals surface area contributed by atoms with Crippen LogP contribution in [0.4, 0.5) is 0 Å². The zero-order valence-corrected chi connectivity index (χ0v) is 13.7. The van der Waals surface area contributed by atoms with E-state index < -0.39 is 0 Å². The van der Waals surface area contributed by atoms with Crippen molar-refractivity contribution in [1.29, 1.82) is 0 Å². The van der Waals surface area contributed by atoms with E-state index in [0.717, 1.165) is 30.9 Å². The molecule has 0 aliphatic heterocycles. The smallest absolute Gasteiger partial charge is 0.161 e. The molecule has 21 heavy (non-hydrogen) atoms. The highest BCUT2D eigenvalue weighted by atomic mass is 16.5. The average molecular weight is 293 g/mol. The molecule has 3 heteroatoms. The summed E-state index contributed by atoms with van der Waals surface area (Å²) in [6.07, 6.45) is 9.94.